The number of thiocarbonyl (C=S) groups is 1. The number of hydrogen-bond acceptors (Lipinski definition) is 3. The van der Waals surface area contributed by atoms with Crippen molar-refractivity contribution >= 4 is 29.0 Å². The molecule has 0 bridgehead atoms. The molecule has 0 aromatic carbocycles. The predicted octanol–water partition coefficient (Wildman–Crippen LogP) is -0.188. The van der Waals surface area contributed by atoms with Crippen LogP contribution in [0.5, 0.6) is 0 Å². The zero-order chi connectivity index (χ0) is 9.14. The molecule has 1 heterocycles. The molecule has 66 valence electrons. The summed E-state index contributed by atoms with van der Waals surface area (Å²) in [7, 11) is 0. The van der Waals surface area contributed by atoms with E-state index in [1.165, 1.54) is 0 Å². The van der Waals surface area contributed by atoms with E-state index in [1.807, 2.05) is 0 Å². The van der Waals surface area contributed by atoms with Crippen LogP contribution in [0.4, 0.5) is 0 Å². The Kier molecular flexibility index (Phi) is 2.75. The average Bonchev–Trinajstić information content (AvgIpc) is 1.97. The van der Waals surface area contributed by atoms with Gasteiger partial charge < -0.3 is 5.73 Å². The van der Waals surface area contributed by atoms with Gasteiger partial charge in [-0.15, -0.1) is 0 Å². The van der Waals surface area contributed by atoms with E-state index in [0.29, 0.717) is 19.3 Å². The molecule has 0 aromatic heterocycles. The molecule has 12 heavy (non-hydrogen) atoms. The van der Waals surface area contributed by atoms with Gasteiger partial charge >= 0.3 is 0 Å². The number of piperidine rings is 1. The van der Waals surface area contributed by atoms with Crippen molar-refractivity contribution in [2.75, 3.05) is 6.54 Å². The summed E-state index contributed by atoms with van der Waals surface area (Å²) in [6.07, 6.45) is 1.49. The summed E-state index contributed by atoms with van der Waals surface area (Å²) in [5.41, 5.74) is 5.23. The van der Waals surface area contributed by atoms with Crippen LogP contribution in [0.25, 0.3) is 0 Å². The third kappa shape index (κ3) is 2.01. The third-order valence-electron chi connectivity index (χ3n) is 1.70. The first-order chi connectivity index (χ1) is 5.61. The number of nitrogens with two attached hydrogens (primary N) is 1. The van der Waals surface area contributed by atoms with Gasteiger partial charge in [-0.05, 0) is 6.42 Å². The van der Waals surface area contributed by atoms with Crippen molar-refractivity contribution in [2.45, 2.75) is 19.3 Å². The monoisotopic (exact) mass is 186 g/mol. The van der Waals surface area contributed by atoms with Gasteiger partial charge in [-0.25, -0.2) is 0 Å². The van der Waals surface area contributed by atoms with Gasteiger partial charge in [0.05, 0.1) is 11.5 Å². The van der Waals surface area contributed by atoms with Gasteiger partial charge in [0, 0.05) is 12.8 Å². The largest absolute Gasteiger partial charge is 0.392 e. The van der Waals surface area contributed by atoms with Crippen LogP contribution in [0.2, 0.25) is 0 Å². The highest BCUT2D eigenvalue weighted by atomic mass is 32.1. The molecule has 1 fully saturated rings. The van der Waals surface area contributed by atoms with Crippen molar-refractivity contribution in [3.8, 4) is 0 Å². The molecule has 5 heteroatoms. The molecule has 2 N–H and O–H groups in total. The summed E-state index contributed by atoms with van der Waals surface area (Å²) in [5.74, 6) is -0.335. The maximum atomic E-state index is 11.1. The van der Waals surface area contributed by atoms with Crippen LogP contribution in [0, 0.1) is 0 Å². The Bertz CT molecular complexity index is 224. The Morgan fingerprint density at radius 3 is 2.33 bits per heavy atom. The van der Waals surface area contributed by atoms with E-state index in [2.05, 4.69) is 12.2 Å². The Morgan fingerprint density at radius 2 is 1.92 bits per heavy atom. The third-order valence-corrected chi connectivity index (χ3v) is 1.83. The van der Waals surface area contributed by atoms with E-state index in [9.17, 15) is 9.59 Å². The van der Waals surface area contributed by atoms with Crippen LogP contribution in [0.3, 0.4) is 0 Å². The molecule has 1 rings (SSSR count). The summed E-state index contributed by atoms with van der Waals surface area (Å²) < 4.78 is 0. The maximum absolute atomic E-state index is 11.1. The first-order valence-electron chi connectivity index (χ1n) is 3.73. The summed E-state index contributed by atoms with van der Waals surface area (Å²) in [6, 6.07) is 0. The molecule has 4 nitrogen and oxygen atoms in total. The average molecular weight is 186 g/mol. The molecule has 0 aromatic rings. The standard InChI is InChI=1S/C7H10N2O2S/c8-5(12)4-9-6(10)2-1-3-7(9)11/h1-4H2,(H2,8,12). The molecule has 0 aliphatic carbocycles. The summed E-state index contributed by atoms with van der Waals surface area (Å²) in [4.78, 5) is 23.6. The fourth-order valence-electron chi connectivity index (χ4n) is 1.13. The molecule has 0 radical (unpaired) electrons. The quantitative estimate of drug-likeness (QED) is 0.479. The lowest BCUT2D eigenvalue weighted by molar-refractivity contribution is -0.146. The SMILES string of the molecule is NC(=S)CN1C(=O)CCCC1=O. The lowest BCUT2D eigenvalue weighted by atomic mass is 10.1. The Labute approximate surface area is 75.7 Å². The Balaban J connectivity index is 2.63. The van der Waals surface area contributed by atoms with Crippen molar-refractivity contribution < 1.29 is 9.59 Å². The summed E-state index contributed by atoms with van der Waals surface area (Å²) >= 11 is 4.61. The Hall–Kier alpha value is -0.970. The van der Waals surface area contributed by atoms with Gasteiger partial charge in [0.1, 0.15) is 0 Å². The van der Waals surface area contributed by atoms with Gasteiger partial charge in [-0.1, -0.05) is 12.2 Å². The fraction of sp³-hybridized carbons (Fsp3) is 0.571. The predicted molar refractivity (Wildman–Crippen MR) is 47.4 cm³/mol. The number of nitrogens with zero attached hydrogens (tertiary/aromatic N) is 1. The van der Waals surface area contributed by atoms with E-state index in [0.717, 1.165) is 4.90 Å². The summed E-state index contributed by atoms with van der Waals surface area (Å²) in [5, 5.41) is 0. The topological polar surface area (TPSA) is 63.4 Å². The maximum Gasteiger partial charge on any atom is 0.229 e. The van der Waals surface area contributed by atoms with Crippen LogP contribution < -0.4 is 5.73 Å². The molecule has 1 saturated heterocycles. The lowest BCUT2D eigenvalue weighted by Crippen LogP contribution is -2.44. The number of amides is 2. The molecule has 0 saturated carbocycles. The fourth-order valence-corrected chi connectivity index (χ4v) is 1.26. The minimum absolute atomic E-state index is 0.0903. The first-order valence-corrected chi connectivity index (χ1v) is 4.13. The highest BCUT2D eigenvalue weighted by Crippen LogP contribution is 2.11. The second-order valence-electron chi connectivity index (χ2n) is 2.69. The van der Waals surface area contributed by atoms with Crippen molar-refractivity contribution in [3.05, 3.63) is 0 Å². The van der Waals surface area contributed by atoms with Gasteiger partial charge in [-0.3, -0.25) is 14.5 Å². The van der Waals surface area contributed by atoms with Crippen LogP contribution in [-0.2, 0) is 9.59 Å². The first kappa shape index (κ1) is 9.12. The normalized spacial score (nSPS) is 18.2. The number of likely N-dealkylation sites (tertiary alicyclic amines) is 1. The number of imide groups is 1. The van der Waals surface area contributed by atoms with E-state index >= 15 is 0 Å². The van der Waals surface area contributed by atoms with E-state index in [1.54, 1.807) is 0 Å². The van der Waals surface area contributed by atoms with Crippen LogP contribution >= 0.6 is 12.2 Å². The molecule has 0 atom stereocenters. The molecule has 1 aliphatic rings. The smallest absolute Gasteiger partial charge is 0.229 e. The van der Waals surface area contributed by atoms with Gasteiger partial charge in [0.15, 0.2) is 0 Å². The number of carbonyl (C=O) groups is 2. The van der Waals surface area contributed by atoms with Gasteiger partial charge in [0.2, 0.25) is 11.8 Å². The van der Waals surface area contributed by atoms with E-state index in [-0.39, 0.29) is 23.3 Å². The molecule has 2 amide bonds. The van der Waals surface area contributed by atoms with Crippen molar-refractivity contribution in [2.24, 2.45) is 5.73 Å². The van der Waals surface area contributed by atoms with Crippen LogP contribution in [0.1, 0.15) is 19.3 Å². The van der Waals surface area contributed by atoms with Gasteiger partial charge in [0.25, 0.3) is 0 Å². The summed E-state index contributed by atoms with van der Waals surface area (Å²) in [6.45, 7) is 0.0903. The lowest BCUT2D eigenvalue weighted by Gasteiger charge is -2.23. The van der Waals surface area contributed by atoms with E-state index < -0.39 is 0 Å². The molecular formula is C7H10N2O2S. The highest BCUT2D eigenvalue weighted by Gasteiger charge is 2.25. The molecule has 0 unspecified atom stereocenters. The van der Waals surface area contributed by atoms with Crippen molar-refractivity contribution in [3.63, 3.8) is 0 Å². The number of carbonyl (C=O) groups excluding carboxylic acids is 2. The number of rotatable bonds is 2. The molecule has 1 aliphatic heterocycles. The van der Waals surface area contributed by atoms with Crippen molar-refractivity contribution in [1.82, 2.24) is 4.90 Å². The minimum atomic E-state index is -0.168. The zero-order valence-electron chi connectivity index (χ0n) is 6.58. The second-order valence-corrected chi connectivity index (χ2v) is 3.22. The van der Waals surface area contributed by atoms with Crippen LogP contribution in [0.15, 0.2) is 0 Å². The second kappa shape index (κ2) is 3.62. The van der Waals surface area contributed by atoms with Gasteiger partial charge in [-0.2, -0.15) is 0 Å². The zero-order valence-corrected chi connectivity index (χ0v) is 7.39. The molecule has 0 spiro atoms. The molecular weight excluding hydrogens is 176 g/mol. The Morgan fingerprint density at radius 1 is 1.42 bits per heavy atom. The van der Waals surface area contributed by atoms with E-state index in [4.69, 9.17) is 5.73 Å². The number of hydrogen-bond donors (Lipinski definition) is 1. The highest BCUT2D eigenvalue weighted by molar-refractivity contribution is 7.80. The van der Waals surface area contributed by atoms with Crippen molar-refractivity contribution in [1.29, 1.82) is 0 Å². The minimum Gasteiger partial charge on any atom is -0.392 e. The van der Waals surface area contributed by atoms with Crippen LogP contribution in [-0.4, -0.2) is 28.2 Å².